The van der Waals surface area contributed by atoms with Gasteiger partial charge in [0.05, 0.1) is 11.5 Å². The average molecular weight is 309 g/mol. The van der Waals surface area contributed by atoms with Crippen molar-refractivity contribution in [1.29, 1.82) is 0 Å². The lowest BCUT2D eigenvalue weighted by Gasteiger charge is -2.24. The van der Waals surface area contributed by atoms with Crippen LogP contribution in [0.5, 0.6) is 0 Å². The Bertz CT molecular complexity index is 566. The monoisotopic (exact) mass is 309 g/mol. The predicted molar refractivity (Wildman–Crippen MR) is 88.4 cm³/mol. The Labute approximate surface area is 129 Å². The van der Waals surface area contributed by atoms with E-state index < -0.39 is 9.84 Å². The van der Waals surface area contributed by atoms with Crippen molar-refractivity contribution >= 4 is 9.84 Å². The number of sulfone groups is 1. The molecule has 1 aromatic rings. The molecule has 2 unspecified atom stereocenters. The maximum atomic E-state index is 11.8. The molecule has 1 heterocycles. The Kier molecular flexibility index (Phi) is 5.44. The summed E-state index contributed by atoms with van der Waals surface area (Å²) >= 11 is 0. The normalized spacial score (nSPS) is 22.6. The van der Waals surface area contributed by atoms with Crippen molar-refractivity contribution in [2.75, 3.05) is 24.6 Å². The minimum atomic E-state index is -2.83. The second kappa shape index (κ2) is 6.93. The van der Waals surface area contributed by atoms with Crippen LogP contribution >= 0.6 is 0 Å². The van der Waals surface area contributed by atoms with Crippen molar-refractivity contribution in [3.05, 3.63) is 35.4 Å². The largest absolute Gasteiger partial charge is 0.316 e. The number of benzene rings is 1. The Hall–Kier alpha value is -0.870. The summed E-state index contributed by atoms with van der Waals surface area (Å²) in [6, 6.07) is 8.50. The first-order valence-corrected chi connectivity index (χ1v) is 9.67. The summed E-state index contributed by atoms with van der Waals surface area (Å²) in [7, 11) is -2.83. The van der Waals surface area contributed by atoms with Crippen LogP contribution in [0, 0.1) is 18.8 Å². The summed E-state index contributed by atoms with van der Waals surface area (Å²) in [4.78, 5) is 0. The molecule has 118 valence electrons. The van der Waals surface area contributed by atoms with E-state index in [4.69, 9.17) is 0 Å². The summed E-state index contributed by atoms with van der Waals surface area (Å²) < 4.78 is 23.6. The number of hydrogen-bond acceptors (Lipinski definition) is 3. The van der Waals surface area contributed by atoms with E-state index in [9.17, 15) is 8.42 Å². The summed E-state index contributed by atoms with van der Waals surface area (Å²) in [6.07, 6.45) is 0.796. The molecule has 1 N–H and O–H groups in total. The highest BCUT2D eigenvalue weighted by Gasteiger charge is 2.34. The van der Waals surface area contributed by atoms with Gasteiger partial charge in [-0.3, -0.25) is 0 Å². The van der Waals surface area contributed by atoms with Gasteiger partial charge in [0.15, 0.2) is 9.84 Å². The smallest absolute Gasteiger partial charge is 0.150 e. The maximum absolute atomic E-state index is 11.8. The van der Waals surface area contributed by atoms with Crippen molar-refractivity contribution in [3.8, 4) is 0 Å². The predicted octanol–water partition coefficient (Wildman–Crippen LogP) is 2.76. The van der Waals surface area contributed by atoms with Gasteiger partial charge in [0.25, 0.3) is 0 Å². The zero-order valence-electron chi connectivity index (χ0n) is 13.3. The van der Waals surface area contributed by atoms with E-state index in [0.29, 0.717) is 23.3 Å². The molecule has 1 saturated heterocycles. The first-order valence-electron chi connectivity index (χ1n) is 7.85. The Morgan fingerprint density at radius 2 is 2.05 bits per heavy atom. The first-order chi connectivity index (χ1) is 9.87. The van der Waals surface area contributed by atoms with Crippen LogP contribution in [0.4, 0.5) is 0 Å². The topological polar surface area (TPSA) is 46.2 Å². The van der Waals surface area contributed by atoms with Gasteiger partial charge in [-0.15, -0.1) is 0 Å². The Morgan fingerprint density at radius 3 is 2.62 bits per heavy atom. The van der Waals surface area contributed by atoms with E-state index in [-0.39, 0.29) is 5.92 Å². The van der Waals surface area contributed by atoms with Gasteiger partial charge in [-0.25, -0.2) is 8.42 Å². The van der Waals surface area contributed by atoms with Crippen molar-refractivity contribution in [2.24, 2.45) is 11.8 Å². The fourth-order valence-corrected chi connectivity index (χ4v) is 5.01. The fourth-order valence-electron chi connectivity index (χ4n) is 3.13. The van der Waals surface area contributed by atoms with Crippen LogP contribution in [0.15, 0.2) is 24.3 Å². The van der Waals surface area contributed by atoms with Gasteiger partial charge >= 0.3 is 0 Å². The van der Waals surface area contributed by atoms with Crippen LogP contribution in [-0.2, 0) is 9.84 Å². The van der Waals surface area contributed by atoms with Gasteiger partial charge in [0.2, 0.25) is 0 Å². The quantitative estimate of drug-likeness (QED) is 0.879. The van der Waals surface area contributed by atoms with Crippen molar-refractivity contribution in [1.82, 2.24) is 5.32 Å². The number of aryl methyl sites for hydroxylation is 1. The minimum absolute atomic E-state index is 0.247. The SMILES string of the molecule is Cc1cccc(C(CNCC(C)C)C2CCS(=O)(=O)C2)c1. The van der Waals surface area contributed by atoms with E-state index >= 15 is 0 Å². The molecule has 2 atom stereocenters. The lowest BCUT2D eigenvalue weighted by Crippen LogP contribution is -2.30. The van der Waals surface area contributed by atoms with Crippen LogP contribution in [0.25, 0.3) is 0 Å². The van der Waals surface area contributed by atoms with Gasteiger partial charge in [0, 0.05) is 12.5 Å². The molecule has 0 spiro atoms. The molecule has 3 nitrogen and oxygen atoms in total. The molecular formula is C17H27NO2S. The van der Waals surface area contributed by atoms with Gasteiger partial charge in [0.1, 0.15) is 0 Å². The second-order valence-corrected chi connectivity index (χ2v) is 8.96. The third-order valence-electron chi connectivity index (χ3n) is 4.22. The first kappa shape index (κ1) is 16.5. The van der Waals surface area contributed by atoms with Crippen molar-refractivity contribution in [2.45, 2.75) is 33.1 Å². The molecule has 2 rings (SSSR count). The molecule has 1 fully saturated rings. The molecular weight excluding hydrogens is 282 g/mol. The minimum Gasteiger partial charge on any atom is -0.316 e. The van der Waals surface area contributed by atoms with Crippen molar-refractivity contribution in [3.63, 3.8) is 0 Å². The highest BCUT2D eigenvalue weighted by Crippen LogP contribution is 2.33. The molecule has 1 aliphatic heterocycles. The third kappa shape index (κ3) is 4.82. The molecule has 1 aliphatic rings. The summed E-state index contributed by atoms with van der Waals surface area (Å²) in [5, 5.41) is 3.51. The zero-order valence-corrected chi connectivity index (χ0v) is 14.1. The molecule has 21 heavy (non-hydrogen) atoms. The lowest BCUT2D eigenvalue weighted by molar-refractivity contribution is 0.424. The highest BCUT2D eigenvalue weighted by molar-refractivity contribution is 7.91. The molecule has 0 amide bonds. The van der Waals surface area contributed by atoms with Gasteiger partial charge in [-0.1, -0.05) is 43.7 Å². The molecule has 4 heteroatoms. The number of rotatable bonds is 6. The van der Waals surface area contributed by atoms with Crippen LogP contribution in [0.1, 0.15) is 37.3 Å². The van der Waals surface area contributed by atoms with Gasteiger partial charge < -0.3 is 5.32 Å². The molecule has 0 aliphatic carbocycles. The number of nitrogens with one attached hydrogen (secondary N) is 1. The van der Waals surface area contributed by atoms with Crippen LogP contribution in [-0.4, -0.2) is 33.0 Å². The number of hydrogen-bond donors (Lipinski definition) is 1. The van der Waals surface area contributed by atoms with Gasteiger partial charge in [-0.05, 0) is 37.3 Å². The second-order valence-electron chi connectivity index (χ2n) is 6.74. The van der Waals surface area contributed by atoms with E-state index in [0.717, 1.165) is 19.5 Å². The standard InChI is InChI=1S/C17H27NO2S/c1-13(2)10-18-11-17(15-6-4-5-14(3)9-15)16-7-8-21(19,20)12-16/h4-6,9,13,16-18H,7-8,10-12H2,1-3H3. The third-order valence-corrected chi connectivity index (χ3v) is 6.02. The average Bonchev–Trinajstić information content (AvgIpc) is 2.74. The van der Waals surface area contributed by atoms with Crippen LogP contribution in [0.3, 0.4) is 0 Å². The van der Waals surface area contributed by atoms with E-state index in [1.54, 1.807) is 0 Å². The zero-order chi connectivity index (χ0) is 15.5. The maximum Gasteiger partial charge on any atom is 0.150 e. The van der Waals surface area contributed by atoms with E-state index in [2.05, 4.69) is 50.4 Å². The van der Waals surface area contributed by atoms with E-state index in [1.807, 2.05) is 0 Å². The Morgan fingerprint density at radius 1 is 1.29 bits per heavy atom. The Balaban J connectivity index is 2.14. The summed E-state index contributed by atoms with van der Waals surface area (Å²) in [5.74, 6) is 1.84. The van der Waals surface area contributed by atoms with E-state index in [1.165, 1.54) is 11.1 Å². The lowest BCUT2D eigenvalue weighted by atomic mass is 9.85. The highest BCUT2D eigenvalue weighted by atomic mass is 32.2. The molecule has 1 aromatic carbocycles. The van der Waals surface area contributed by atoms with Crippen molar-refractivity contribution < 1.29 is 8.42 Å². The summed E-state index contributed by atoms with van der Waals surface area (Å²) in [5.41, 5.74) is 2.51. The molecule has 0 aromatic heterocycles. The van der Waals surface area contributed by atoms with Crippen LogP contribution < -0.4 is 5.32 Å². The molecule has 0 bridgehead atoms. The molecule has 0 radical (unpaired) electrons. The fraction of sp³-hybridized carbons (Fsp3) is 0.647. The molecule has 0 saturated carbocycles. The summed E-state index contributed by atoms with van der Waals surface area (Å²) in [6.45, 7) is 8.31. The van der Waals surface area contributed by atoms with Gasteiger partial charge in [-0.2, -0.15) is 0 Å². The van der Waals surface area contributed by atoms with Crippen LogP contribution in [0.2, 0.25) is 0 Å².